The highest BCUT2D eigenvalue weighted by atomic mass is 16.5. The second kappa shape index (κ2) is 4.79. The molecule has 0 fully saturated rings. The van der Waals surface area contributed by atoms with E-state index in [-0.39, 0.29) is 5.56 Å². The summed E-state index contributed by atoms with van der Waals surface area (Å²) in [5.41, 5.74) is 6.24. The average molecular weight is 247 g/mol. The number of anilines is 1. The van der Waals surface area contributed by atoms with E-state index in [9.17, 15) is 4.79 Å². The molecule has 18 heavy (non-hydrogen) atoms. The Kier molecular flexibility index (Phi) is 3.18. The van der Waals surface area contributed by atoms with Gasteiger partial charge in [0.05, 0.1) is 23.6 Å². The van der Waals surface area contributed by atoms with Crippen molar-refractivity contribution in [2.75, 3.05) is 5.73 Å². The van der Waals surface area contributed by atoms with Crippen LogP contribution in [0, 0.1) is 0 Å². The first-order valence-corrected chi connectivity index (χ1v) is 5.43. The Balaban J connectivity index is 2.27. The van der Waals surface area contributed by atoms with Gasteiger partial charge in [-0.05, 0) is 25.1 Å². The zero-order valence-electron chi connectivity index (χ0n) is 9.83. The summed E-state index contributed by atoms with van der Waals surface area (Å²) in [5.74, 6) is -0.194. The van der Waals surface area contributed by atoms with Crippen LogP contribution >= 0.6 is 0 Å². The molecule has 0 saturated carbocycles. The molecular weight excluding hydrogens is 234 g/mol. The number of nitrogen functional groups attached to an aromatic ring is 1. The Labute approximate surface area is 104 Å². The van der Waals surface area contributed by atoms with Crippen LogP contribution in [0.1, 0.15) is 17.3 Å². The van der Waals surface area contributed by atoms with E-state index in [0.717, 1.165) is 6.54 Å². The lowest BCUT2D eigenvalue weighted by atomic mass is 10.2. The fourth-order valence-electron chi connectivity index (χ4n) is 1.45. The highest BCUT2D eigenvalue weighted by Gasteiger charge is 2.09. The molecule has 0 aliphatic carbocycles. The number of benzene rings is 1. The number of aryl methyl sites for hydroxylation is 1. The third-order valence-electron chi connectivity index (χ3n) is 2.42. The number of aromatic nitrogens is 2. The van der Waals surface area contributed by atoms with Crippen LogP contribution in [0.4, 0.5) is 5.69 Å². The minimum absolute atomic E-state index is 0.127. The van der Waals surface area contributed by atoms with Gasteiger partial charge in [-0.3, -0.25) is 4.68 Å². The maximum absolute atomic E-state index is 10.9. The van der Waals surface area contributed by atoms with Gasteiger partial charge < -0.3 is 15.6 Å². The number of ether oxygens (including phenoxy) is 1. The van der Waals surface area contributed by atoms with Crippen molar-refractivity contribution in [3.05, 3.63) is 36.2 Å². The van der Waals surface area contributed by atoms with Crippen molar-refractivity contribution in [2.24, 2.45) is 0 Å². The molecule has 3 N–H and O–H groups in total. The van der Waals surface area contributed by atoms with Crippen molar-refractivity contribution in [3.63, 3.8) is 0 Å². The summed E-state index contributed by atoms with van der Waals surface area (Å²) in [4.78, 5) is 10.9. The molecule has 0 atom stereocenters. The minimum Gasteiger partial charge on any atom is -0.478 e. The van der Waals surface area contributed by atoms with Crippen LogP contribution in [0.3, 0.4) is 0 Å². The van der Waals surface area contributed by atoms with Gasteiger partial charge in [0.15, 0.2) is 11.5 Å². The van der Waals surface area contributed by atoms with Crippen LogP contribution in [0.25, 0.3) is 0 Å². The molecular formula is C12H13N3O3. The van der Waals surface area contributed by atoms with Gasteiger partial charge >= 0.3 is 5.97 Å². The zero-order valence-corrected chi connectivity index (χ0v) is 9.83. The highest BCUT2D eigenvalue weighted by Crippen LogP contribution is 2.28. The van der Waals surface area contributed by atoms with E-state index in [1.807, 2.05) is 6.92 Å². The predicted octanol–water partition coefficient (Wildman–Crippen LogP) is 1.98. The van der Waals surface area contributed by atoms with Crippen molar-refractivity contribution in [3.8, 4) is 11.5 Å². The van der Waals surface area contributed by atoms with Crippen LogP contribution in [0.2, 0.25) is 0 Å². The minimum atomic E-state index is -1.02. The van der Waals surface area contributed by atoms with Crippen molar-refractivity contribution >= 4 is 11.7 Å². The first kappa shape index (κ1) is 12.0. The van der Waals surface area contributed by atoms with E-state index in [2.05, 4.69) is 5.10 Å². The smallest absolute Gasteiger partial charge is 0.335 e. The summed E-state index contributed by atoms with van der Waals surface area (Å²) < 4.78 is 7.21. The Morgan fingerprint density at radius 3 is 2.94 bits per heavy atom. The second-order valence-electron chi connectivity index (χ2n) is 3.69. The third kappa shape index (κ3) is 2.42. The molecule has 0 saturated heterocycles. The van der Waals surface area contributed by atoms with Crippen molar-refractivity contribution < 1.29 is 14.6 Å². The average Bonchev–Trinajstić information content (AvgIpc) is 2.79. The Morgan fingerprint density at radius 1 is 1.56 bits per heavy atom. The summed E-state index contributed by atoms with van der Waals surface area (Å²) in [6.07, 6.45) is 3.27. The number of carbonyl (C=O) groups is 1. The van der Waals surface area contributed by atoms with Crippen LogP contribution in [-0.2, 0) is 6.54 Å². The predicted molar refractivity (Wildman–Crippen MR) is 65.8 cm³/mol. The summed E-state index contributed by atoms with van der Waals surface area (Å²) in [6.45, 7) is 2.68. The van der Waals surface area contributed by atoms with Crippen molar-refractivity contribution in [1.82, 2.24) is 9.78 Å². The maximum Gasteiger partial charge on any atom is 0.335 e. The lowest BCUT2D eigenvalue weighted by Crippen LogP contribution is -1.99. The standard InChI is InChI=1S/C12H13N3O3/c1-2-15-7-9(6-14-15)18-11-5-8(12(16)17)3-4-10(11)13/h3-7H,2,13H2,1H3,(H,16,17). The molecule has 0 unspecified atom stereocenters. The molecule has 1 heterocycles. The normalized spacial score (nSPS) is 10.3. The molecule has 1 aromatic heterocycles. The van der Waals surface area contributed by atoms with Crippen molar-refractivity contribution in [1.29, 1.82) is 0 Å². The van der Waals surface area contributed by atoms with Gasteiger partial charge in [-0.1, -0.05) is 0 Å². The lowest BCUT2D eigenvalue weighted by molar-refractivity contribution is 0.0696. The number of rotatable bonds is 4. The van der Waals surface area contributed by atoms with Crippen molar-refractivity contribution in [2.45, 2.75) is 13.5 Å². The van der Waals surface area contributed by atoms with Gasteiger partial charge in [0.1, 0.15) is 0 Å². The van der Waals surface area contributed by atoms with E-state index >= 15 is 0 Å². The van der Waals surface area contributed by atoms with Crippen LogP contribution in [-0.4, -0.2) is 20.9 Å². The van der Waals surface area contributed by atoms with E-state index in [0.29, 0.717) is 17.2 Å². The molecule has 6 heteroatoms. The summed E-state index contributed by atoms with van der Waals surface area (Å²) >= 11 is 0. The molecule has 0 radical (unpaired) electrons. The molecule has 0 aliphatic rings. The largest absolute Gasteiger partial charge is 0.478 e. The molecule has 94 valence electrons. The van der Waals surface area contributed by atoms with Gasteiger partial charge in [-0.15, -0.1) is 0 Å². The van der Waals surface area contributed by atoms with Gasteiger partial charge in [-0.2, -0.15) is 5.10 Å². The summed E-state index contributed by atoms with van der Waals surface area (Å²) in [6, 6.07) is 4.32. The number of aromatic carboxylic acids is 1. The van der Waals surface area contributed by atoms with Gasteiger partial charge in [0.2, 0.25) is 0 Å². The fraction of sp³-hybridized carbons (Fsp3) is 0.167. The number of hydrogen-bond donors (Lipinski definition) is 2. The number of nitrogens with two attached hydrogens (primary N) is 1. The number of carboxylic acid groups (broad SMARTS) is 1. The molecule has 0 spiro atoms. The zero-order chi connectivity index (χ0) is 13.1. The summed E-state index contributed by atoms with van der Waals surface area (Å²) in [7, 11) is 0. The molecule has 2 rings (SSSR count). The van der Waals surface area contributed by atoms with Crippen LogP contribution in [0.5, 0.6) is 11.5 Å². The van der Waals surface area contributed by atoms with E-state index in [1.165, 1.54) is 18.2 Å². The van der Waals surface area contributed by atoms with Crippen LogP contribution in [0.15, 0.2) is 30.6 Å². The Bertz CT molecular complexity index is 578. The molecule has 2 aromatic rings. The maximum atomic E-state index is 10.9. The first-order chi connectivity index (χ1) is 8.60. The quantitative estimate of drug-likeness (QED) is 0.806. The molecule has 0 aliphatic heterocycles. The topological polar surface area (TPSA) is 90.4 Å². The molecule has 0 bridgehead atoms. The number of carboxylic acids is 1. The highest BCUT2D eigenvalue weighted by molar-refractivity contribution is 5.89. The van der Waals surface area contributed by atoms with E-state index in [4.69, 9.17) is 15.6 Å². The Morgan fingerprint density at radius 2 is 2.33 bits per heavy atom. The fourth-order valence-corrected chi connectivity index (χ4v) is 1.45. The molecule has 1 aromatic carbocycles. The third-order valence-corrected chi connectivity index (χ3v) is 2.42. The van der Waals surface area contributed by atoms with Crippen LogP contribution < -0.4 is 10.5 Å². The first-order valence-electron chi connectivity index (χ1n) is 5.43. The van der Waals surface area contributed by atoms with Gasteiger partial charge in [0, 0.05) is 6.54 Å². The molecule has 0 amide bonds. The SMILES string of the molecule is CCn1cc(Oc2cc(C(=O)O)ccc2N)cn1. The number of nitrogens with zero attached hydrogens (tertiary/aromatic N) is 2. The second-order valence-corrected chi connectivity index (χ2v) is 3.69. The molecule has 6 nitrogen and oxygen atoms in total. The number of hydrogen-bond acceptors (Lipinski definition) is 4. The van der Waals surface area contributed by atoms with Gasteiger partial charge in [0.25, 0.3) is 0 Å². The monoisotopic (exact) mass is 247 g/mol. The summed E-state index contributed by atoms with van der Waals surface area (Å²) in [5, 5.41) is 12.9. The Hall–Kier alpha value is -2.50. The van der Waals surface area contributed by atoms with Gasteiger partial charge in [-0.25, -0.2) is 4.79 Å². The van der Waals surface area contributed by atoms with E-state index < -0.39 is 5.97 Å². The van der Waals surface area contributed by atoms with E-state index in [1.54, 1.807) is 17.1 Å². The lowest BCUT2D eigenvalue weighted by Gasteiger charge is -2.07.